The Morgan fingerprint density at radius 1 is 1.50 bits per heavy atom. The molecule has 0 aromatic heterocycles. The minimum absolute atomic E-state index is 0.549. The van der Waals surface area contributed by atoms with Crippen LogP contribution in [-0.4, -0.2) is 6.29 Å². The summed E-state index contributed by atoms with van der Waals surface area (Å²) in [6, 6.07) is 5.23. The van der Waals surface area contributed by atoms with E-state index in [1.165, 1.54) is 0 Å². The third-order valence-corrected chi connectivity index (χ3v) is 2.12. The molecule has 0 aliphatic carbocycles. The molecule has 1 rings (SSSR count). The van der Waals surface area contributed by atoms with Gasteiger partial charge in [0.25, 0.3) is 0 Å². The molecule has 0 N–H and O–H groups in total. The van der Waals surface area contributed by atoms with Gasteiger partial charge in [0.2, 0.25) is 0 Å². The van der Waals surface area contributed by atoms with Crippen LogP contribution in [-0.2, 0) is 4.79 Å². The van der Waals surface area contributed by atoms with Crippen LogP contribution in [0, 0.1) is 11.8 Å². The summed E-state index contributed by atoms with van der Waals surface area (Å²) in [5.41, 5.74) is 0.717. The van der Waals surface area contributed by atoms with Crippen molar-refractivity contribution in [1.29, 1.82) is 0 Å². The number of benzene rings is 1. The summed E-state index contributed by atoms with van der Waals surface area (Å²) < 4.78 is 0.834. The number of rotatable bonds is 0. The van der Waals surface area contributed by atoms with Crippen LogP contribution >= 0.6 is 27.5 Å². The molecule has 0 heterocycles. The zero-order chi connectivity index (χ0) is 8.97. The van der Waals surface area contributed by atoms with Crippen molar-refractivity contribution in [1.82, 2.24) is 0 Å². The second-order valence-electron chi connectivity index (χ2n) is 2.01. The molecule has 0 fully saturated rings. The Morgan fingerprint density at radius 3 is 2.92 bits per heavy atom. The first-order valence-electron chi connectivity index (χ1n) is 3.14. The molecule has 3 heteroatoms. The number of aldehydes is 1. The molecule has 0 unspecified atom stereocenters. The van der Waals surface area contributed by atoms with Gasteiger partial charge in [-0.15, -0.1) is 0 Å². The number of hydrogen-bond donors (Lipinski definition) is 0. The second kappa shape index (κ2) is 4.30. The number of carbonyl (C=O) groups is 1. The first kappa shape index (κ1) is 9.31. The van der Waals surface area contributed by atoms with Gasteiger partial charge in [-0.2, -0.15) is 0 Å². The summed E-state index contributed by atoms with van der Waals surface area (Å²) in [7, 11) is 0. The molecule has 12 heavy (non-hydrogen) atoms. The summed E-state index contributed by atoms with van der Waals surface area (Å²) in [6.45, 7) is 0. The lowest BCUT2D eigenvalue weighted by Crippen LogP contribution is -1.77. The van der Waals surface area contributed by atoms with Crippen molar-refractivity contribution in [2.75, 3.05) is 0 Å². The van der Waals surface area contributed by atoms with Gasteiger partial charge in [-0.05, 0) is 40.0 Å². The SMILES string of the molecule is O=CC#Cc1cc(Cl)ccc1Br. The van der Waals surface area contributed by atoms with Crippen molar-refractivity contribution in [3.8, 4) is 11.8 Å². The van der Waals surface area contributed by atoms with E-state index in [1.54, 1.807) is 18.2 Å². The fourth-order valence-electron chi connectivity index (χ4n) is 0.701. The zero-order valence-electron chi connectivity index (χ0n) is 5.97. The van der Waals surface area contributed by atoms with E-state index in [-0.39, 0.29) is 0 Å². The van der Waals surface area contributed by atoms with E-state index in [0.717, 1.165) is 10.0 Å². The largest absolute Gasteiger partial charge is 0.289 e. The summed E-state index contributed by atoms with van der Waals surface area (Å²) >= 11 is 9.00. The molecule has 0 radical (unpaired) electrons. The van der Waals surface area contributed by atoms with E-state index in [9.17, 15) is 4.79 Å². The molecule has 1 aromatic rings. The van der Waals surface area contributed by atoms with Crippen LogP contribution in [0.5, 0.6) is 0 Å². The molecule has 0 aliphatic rings. The van der Waals surface area contributed by atoms with E-state index < -0.39 is 0 Å². The van der Waals surface area contributed by atoms with Gasteiger partial charge in [-0.1, -0.05) is 17.5 Å². The third kappa shape index (κ3) is 2.37. The molecule has 0 saturated heterocycles. The number of halogens is 2. The maximum Gasteiger partial charge on any atom is 0.193 e. The maximum atomic E-state index is 9.95. The fourth-order valence-corrected chi connectivity index (χ4v) is 1.22. The third-order valence-electron chi connectivity index (χ3n) is 1.19. The van der Waals surface area contributed by atoms with Crippen molar-refractivity contribution in [2.24, 2.45) is 0 Å². The smallest absolute Gasteiger partial charge is 0.193 e. The summed E-state index contributed by atoms with van der Waals surface area (Å²) in [6.07, 6.45) is 0.549. The van der Waals surface area contributed by atoms with Crippen LogP contribution in [0.3, 0.4) is 0 Å². The van der Waals surface area contributed by atoms with Crippen LogP contribution in [0.15, 0.2) is 22.7 Å². The first-order valence-corrected chi connectivity index (χ1v) is 4.31. The van der Waals surface area contributed by atoms with Crippen molar-refractivity contribution in [2.45, 2.75) is 0 Å². The van der Waals surface area contributed by atoms with Gasteiger partial charge in [-0.25, -0.2) is 0 Å². The Hall–Kier alpha value is -0.780. The van der Waals surface area contributed by atoms with Crippen molar-refractivity contribution in [3.63, 3.8) is 0 Å². The first-order chi connectivity index (χ1) is 5.74. The molecular formula is C9H4BrClO. The highest BCUT2D eigenvalue weighted by atomic mass is 79.9. The number of hydrogen-bond acceptors (Lipinski definition) is 1. The van der Waals surface area contributed by atoms with Crippen molar-refractivity contribution in [3.05, 3.63) is 33.3 Å². The molecule has 0 saturated carbocycles. The predicted octanol–water partition coefficient (Wildman–Crippen LogP) is 2.65. The van der Waals surface area contributed by atoms with E-state index in [1.807, 2.05) is 0 Å². The molecule has 60 valence electrons. The van der Waals surface area contributed by atoms with Gasteiger partial charge < -0.3 is 0 Å². The Morgan fingerprint density at radius 2 is 2.25 bits per heavy atom. The normalized spacial score (nSPS) is 8.50. The summed E-state index contributed by atoms with van der Waals surface area (Å²) in [5, 5.41) is 0.605. The number of carbonyl (C=O) groups excluding carboxylic acids is 1. The van der Waals surface area contributed by atoms with Gasteiger partial charge in [0, 0.05) is 15.1 Å². The molecule has 0 amide bonds. The standard InChI is InChI=1S/C9H4BrClO/c10-9-4-3-8(11)6-7(9)2-1-5-12/h3-6H. The quantitative estimate of drug-likeness (QED) is 0.506. The highest BCUT2D eigenvalue weighted by Gasteiger charge is 1.95. The lowest BCUT2D eigenvalue weighted by atomic mass is 10.2. The minimum Gasteiger partial charge on any atom is -0.289 e. The molecule has 1 aromatic carbocycles. The predicted molar refractivity (Wildman–Crippen MR) is 52.1 cm³/mol. The second-order valence-corrected chi connectivity index (χ2v) is 3.30. The van der Waals surface area contributed by atoms with Crippen molar-refractivity contribution < 1.29 is 4.79 Å². The van der Waals surface area contributed by atoms with Crippen LogP contribution in [0.2, 0.25) is 5.02 Å². The molecule has 0 aliphatic heterocycles. The maximum absolute atomic E-state index is 9.95. The van der Waals surface area contributed by atoms with Crippen molar-refractivity contribution >= 4 is 33.8 Å². The van der Waals surface area contributed by atoms with E-state index in [4.69, 9.17) is 11.6 Å². The van der Waals surface area contributed by atoms with Gasteiger partial charge in [0.1, 0.15) is 0 Å². The van der Waals surface area contributed by atoms with Gasteiger partial charge in [0.05, 0.1) is 0 Å². The van der Waals surface area contributed by atoms with Crippen LogP contribution in [0.1, 0.15) is 5.56 Å². The zero-order valence-corrected chi connectivity index (χ0v) is 8.32. The molecule has 0 spiro atoms. The minimum atomic E-state index is 0.549. The molecular weight excluding hydrogens is 239 g/mol. The Labute approximate surface area is 83.9 Å². The molecule has 0 atom stereocenters. The lowest BCUT2D eigenvalue weighted by Gasteiger charge is -1.95. The van der Waals surface area contributed by atoms with E-state index in [2.05, 4.69) is 27.8 Å². The average Bonchev–Trinajstić information content (AvgIpc) is 2.07. The van der Waals surface area contributed by atoms with Crippen LogP contribution < -0.4 is 0 Å². The van der Waals surface area contributed by atoms with Gasteiger partial charge >= 0.3 is 0 Å². The molecule has 0 bridgehead atoms. The van der Waals surface area contributed by atoms with Crippen LogP contribution in [0.25, 0.3) is 0 Å². The Balaban J connectivity index is 3.13. The Kier molecular flexibility index (Phi) is 3.33. The van der Waals surface area contributed by atoms with E-state index in [0.29, 0.717) is 11.3 Å². The summed E-state index contributed by atoms with van der Waals surface area (Å²) in [5.74, 6) is 4.97. The van der Waals surface area contributed by atoms with Gasteiger partial charge in [0.15, 0.2) is 6.29 Å². The Bertz CT molecular complexity index is 363. The fraction of sp³-hybridized carbons (Fsp3) is 0. The summed E-state index contributed by atoms with van der Waals surface area (Å²) in [4.78, 5) is 9.95. The average molecular weight is 243 g/mol. The van der Waals surface area contributed by atoms with Gasteiger partial charge in [-0.3, -0.25) is 4.79 Å². The highest BCUT2D eigenvalue weighted by Crippen LogP contribution is 2.19. The molecule has 1 nitrogen and oxygen atoms in total. The topological polar surface area (TPSA) is 17.1 Å². The highest BCUT2D eigenvalue weighted by molar-refractivity contribution is 9.10. The monoisotopic (exact) mass is 242 g/mol. The lowest BCUT2D eigenvalue weighted by molar-refractivity contribution is -0.103. The van der Waals surface area contributed by atoms with E-state index >= 15 is 0 Å². The van der Waals surface area contributed by atoms with Crippen LogP contribution in [0.4, 0.5) is 0 Å².